The lowest BCUT2D eigenvalue weighted by Gasteiger charge is -2.17. The van der Waals surface area contributed by atoms with Gasteiger partial charge in [0.25, 0.3) is 0 Å². The summed E-state index contributed by atoms with van der Waals surface area (Å²) in [5.74, 6) is -1.86. The lowest BCUT2D eigenvalue weighted by atomic mass is 9.98. The molecule has 4 rings (SSSR count). The van der Waals surface area contributed by atoms with Gasteiger partial charge in [-0.15, -0.1) is 24.5 Å². The Labute approximate surface area is 194 Å². The van der Waals surface area contributed by atoms with Crippen molar-refractivity contribution in [1.29, 1.82) is 0 Å². The summed E-state index contributed by atoms with van der Waals surface area (Å²) >= 11 is 1.27. The number of hydrogen-bond acceptors (Lipinski definition) is 9. The van der Waals surface area contributed by atoms with Gasteiger partial charge in [-0.1, -0.05) is 6.07 Å². The van der Waals surface area contributed by atoms with Gasteiger partial charge in [0.15, 0.2) is 22.4 Å². The first-order valence-electron chi connectivity index (χ1n) is 9.47. The fourth-order valence-corrected chi connectivity index (χ4v) is 3.78. The first-order valence-corrected chi connectivity index (χ1v) is 10.3. The predicted octanol–water partition coefficient (Wildman–Crippen LogP) is 4.12. The molecule has 0 aliphatic rings. The van der Waals surface area contributed by atoms with E-state index in [1.807, 2.05) is 0 Å². The highest BCUT2D eigenvalue weighted by Gasteiger charge is 2.35. The molecule has 176 valence electrons. The lowest BCUT2D eigenvalue weighted by molar-refractivity contribution is -0.275. The van der Waals surface area contributed by atoms with Crippen LogP contribution in [-0.4, -0.2) is 46.1 Å². The second-order valence-electron chi connectivity index (χ2n) is 6.73. The van der Waals surface area contributed by atoms with Crippen LogP contribution in [-0.2, 0) is 0 Å². The van der Waals surface area contributed by atoms with Gasteiger partial charge in [-0.3, -0.25) is 4.79 Å². The van der Waals surface area contributed by atoms with Crippen molar-refractivity contribution in [2.24, 2.45) is 0 Å². The van der Waals surface area contributed by atoms with Crippen LogP contribution in [0.15, 0.2) is 48.4 Å². The Morgan fingerprint density at radius 2 is 1.82 bits per heavy atom. The van der Waals surface area contributed by atoms with Gasteiger partial charge >= 0.3 is 6.36 Å². The van der Waals surface area contributed by atoms with Crippen LogP contribution in [0.5, 0.6) is 17.2 Å². The van der Waals surface area contributed by atoms with Crippen LogP contribution in [0.25, 0.3) is 16.9 Å². The maximum Gasteiger partial charge on any atom is 0.573 e. The van der Waals surface area contributed by atoms with Gasteiger partial charge < -0.3 is 19.9 Å². The summed E-state index contributed by atoms with van der Waals surface area (Å²) in [5, 5.41) is 6.26. The minimum atomic E-state index is -4.98. The van der Waals surface area contributed by atoms with Gasteiger partial charge in [0, 0.05) is 22.1 Å². The van der Waals surface area contributed by atoms with Crippen LogP contribution >= 0.6 is 11.3 Å². The lowest BCUT2D eigenvalue weighted by Crippen LogP contribution is -2.18. The number of hydrogen-bond donors (Lipinski definition) is 1. The van der Waals surface area contributed by atoms with E-state index < -0.39 is 17.9 Å². The molecule has 0 radical (unpaired) electrons. The third-order valence-electron chi connectivity index (χ3n) is 4.67. The van der Waals surface area contributed by atoms with Gasteiger partial charge in [0.05, 0.1) is 25.6 Å². The number of aromatic nitrogens is 4. The van der Waals surface area contributed by atoms with Crippen molar-refractivity contribution in [3.05, 3.63) is 59.5 Å². The molecule has 9 nitrogen and oxygen atoms in total. The number of rotatable bonds is 7. The van der Waals surface area contributed by atoms with Crippen molar-refractivity contribution in [3.63, 3.8) is 0 Å². The highest BCUT2D eigenvalue weighted by Crippen LogP contribution is 2.42. The van der Waals surface area contributed by atoms with E-state index in [-0.39, 0.29) is 22.6 Å². The van der Waals surface area contributed by atoms with Crippen LogP contribution < -0.4 is 19.9 Å². The number of anilines is 1. The zero-order chi connectivity index (χ0) is 24.5. The van der Waals surface area contributed by atoms with Gasteiger partial charge in [0.2, 0.25) is 5.75 Å². The number of ether oxygens (including phenoxy) is 3. The molecule has 2 heterocycles. The summed E-state index contributed by atoms with van der Waals surface area (Å²) in [6.07, 6.45) is -2.27. The topological polar surface area (TPSA) is 114 Å². The summed E-state index contributed by atoms with van der Waals surface area (Å²) in [6, 6.07) is 7.21. The molecule has 0 saturated carbocycles. The van der Waals surface area contributed by atoms with E-state index >= 15 is 0 Å². The fourth-order valence-electron chi connectivity index (χ4n) is 3.21. The molecule has 0 saturated heterocycles. The predicted molar refractivity (Wildman–Crippen MR) is 117 cm³/mol. The van der Waals surface area contributed by atoms with Crippen LogP contribution in [0.1, 0.15) is 15.9 Å². The first kappa shape index (κ1) is 23.0. The van der Waals surface area contributed by atoms with E-state index in [4.69, 9.17) is 15.2 Å². The van der Waals surface area contributed by atoms with E-state index in [1.54, 1.807) is 23.6 Å². The number of halogens is 3. The molecule has 0 bridgehead atoms. The standard InChI is InChI=1S/C21H16F3N5O4S/c1-31-16-6-12(7-17(32-2)19(16)33-21(22,23)24)18(30)13-4-3-11(14-8-34-20(25)28-14)5-15(13)29-10-26-9-27-29/h3-10H,1-2H3,(H2,25,28). The quantitative estimate of drug-likeness (QED) is 0.384. The minimum Gasteiger partial charge on any atom is -0.493 e. The van der Waals surface area contributed by atoms with E-state index in [9.17, 15) is 18.0 Å². The van der Waals surface area contributed by atoms with Gasteiger partial charge in [-0.2, -0.15) is 5.10 Å². The van der Waals surface area contributed by atoms with Crippen molar-refractivity contribution in [2.45, 2.75) is 6.36 Å². The molecule has 2 aromatic carbocycles. The zero-order valence-electron chi connectivity index (χ0n) is 17.7. The summed E-state index contributed by atoms with van der Waals surface area (Å²) in [6.45, 7) is 0. The zero-order valence-corrected chi connectivity index (χ0v) is 18.5. The Balaban J connectivity index is 1.82. The molecule has 2 N–H and O–H groups in total. The van der Waals surface area contributed by atoms with E-state index in [0.29, 0.717) is 22.1 Å². The Bertz CT molecular complexity index is 1310. The van der Waals surface area contributed by atoms with Crippen molar-refractivity contribution in [3.8, 4) is 34.2 Å². The first-order chi connectivity index (χ1) is 16.2. The summed E-state index contributed by atoms with van der Waals surface area (Å²) < 4.78 is 54.1. The third kappa shape index (κ3) is 4.64. The third-order valence-corrected chi connectivity index (χ3v) is 5.34. The molecule has 0 unspecified atom stereocenters. The summed E-state index contributed by atoms with van der Waals surface area (Å²) in [4.78, 5) is 21.6. The van der Waals surface area contributed by atoms with Crippen molar-refractivity contribution < 1.29 is 32.2 Å². The number of ketones is 1. The number of nitrogens with zero attached hydrogens (tertiary/aromatic N) is 4. The highest BCUT2D eigenvalue weighted by atomic mass is 32.1. The molecular weight excluding hydrogens is 475 g/mol. The van der Waals surface area contributed by atoms with Crippen LogP contribution in [0.2, 0.25) is 0 Å². The van der Waals surface area contributed by atoms with E-state index in [0.717, 1.165) is 26.4 Å². The highest BCUT2D eigenvalue weighted by molar-refractivity contribution is 7.13. The number of carbonyl (C=O) groups excluding carboxylic acids is 1. The molecule has 34 heavy (non-hydrogen) atoms. The van der Waals surface area contributed by atoms with Crippen LogP contribution in [0.4, 0.5) is 18.3 Å². The fraction of sp³-hybridized carbons (Fsp3) is 0.143. The number of nitrogen functional groups attached to an aromatic ring is 1. The molecule has 0 spiro atoms. The van der Waals surface area contributed by atoms with E-state index in [1.165, 1.54) is 28.7 Å². The molecule has 4 aromatic rings. The number of carbonyl (C=O) groups is 1. The molecule has 13 heteroatoms. The molecule has 0 amide bonds. The molecule has 0 fully saturated rings. The molecule has 2 aromatic heterocycles. The average molecular weight is 491 g/mol. The van der Waals surface area contributed by atoms with Crippen LogP contribution in [0, 0.1) is 0 Å². The number of methoxy groups -OCH3 is 2. The monoisotopic (exact) mass is 491 g/mol. The second kappa shape index (κ2) is 9.02. The van der Waals surface area contributed by atoms with Gasteiger partial charge in [0.1, 0.15) is 12.7 Å². The number of nitrogens with two attached hydrogens (primary N) is 1. The average Bonchev–Trinajstić information content (AvgIpc) is 3.49. The number of alkyl halides is 3. The maximum atomic E-state index is 13.5. The number of benzene rings is 2. The normalized spacial score (nSPS) is 11.3. The number of thiazole rings is 1. The second-order valence-corrected chi connectivity index (χ2v) is 7.62. The largest absolute Gasteiger partial charge is 0.573 e. The molecule has 0 aliphatic carbocycles. The molecule has 0 atom stereocenters. The minimum absolute atomic E-state index is 0.00948. The summed E-state index contributed by atoms with van der Waals surface area (Å²) in [7, 11) is 2.31. The van der Waals surface area contributed by atoms with Crippen LogP contribution in [0.3, 0.4) is 0 Å². The smallest absolute Gasteiger partial charge is 0.493 e. The van der Waals surface area contributed by atoms with Gasteiger partial charge in [-0.05, 0) is 24.3 Å². The van der Waals surface area contributed by atoms with E-state index in [2.05, 4.69) is 19.8 Å². The molecule has 0 aliphatic heterocycles. The van der Waals surface area contributed by atoms with Crippen molar-refractivity contribution in [1.82, 2.24) is 19.7 Å². The Kier molecular flexibility index (Phi) is 6.11. The Hall–Kier alpha value is -4.13. The van der Waals surface area contributed by atoms with Crippen molar-refractivity contribution >= 4 is 22.3 Å². The summed E-state index contributed by atoms with van der Waals surface area (Å²) in [5.41, 5.74) is 7.60. The Morgan fingerprint density at radius 1 is 1.12 bits per heavy atom. The molecular formula is C21H16F3N5O4S. The maximum absolute atomic E-state index is 13.5. The van der Waals surface area contributed by atoms with Gasteiger partial charge in [-0.25, -0.2) is 14.6 Å². The van der Waals surface area contributed by atoms with Crippen molar-refractivity contribution in [2.75, 3.05) is 20.0 Å². The Morgan fingerprint density at radius 3 is 2.35 bits per heavy atom. The SMILES string of the molecule is COc1cc(C(=O)c2ccc(-c3csc(N)n3)cc2-n2cncn2)cc(OC)c1OC(F)(F)F.